The van der Waals surface area contributed by atoms with Crippen molar-refractivity contribution < 1.29 is 4.92 Å². The normalized spacial score (nSPS) is 11.8. The van der Waals surface area contributed by atoms with Crippen molar-refractivity contribution in [2.75, 3.05) is 0 Å². The van der Waals surface area contributed by atoms with E-state index in [-0.39, 0.29) is 5.69 Å². The third-order valence-electron chi connectivity index (χ3n) is 2.83. The third kappa shape index (κ3) is 3.66. The van der Waals surface area contributed by atoms with E-state index < -0.39 is 21.9 Å². The van der Waals surface area contributed by atoms with Crippen molar-refractivity contribution in [1.29, 1.82) is 0 Å². The first-order valence-corrected chi connectivity index (χ1v) is 6.40. The molecule has 0 bridgehead atoms. The van der Waals surface area contributed by atoms with Crippen molar-refractivity contribution >= 4 is 17.8 Å². The molecule has 1 aromatic heterocycles. The molecule has 0 spiro atoms. The van der Waals surface area contributed by atoms with Gasteiger partial charge in [-0.1, -0.05) is 48.1 Å². The molecule has 0 fully saturated rings. The summed E-state index contributed by atoms with van der Waals surface area (Å²) >= 11 is 0. The largest absolute Gasteiger partial charge is 0.357 e. The van der Waals surface area contributed by atoms with Gasteiger partial charge in [-0.2, -0.15) is 0 Å². The highest BCUT2D eigenvalue weighted by Crippen LogP contribution is 2.13. The Bertz CT molecular complexity index is 860. The van der Waals surface area contributed by atoms with Gasteiger partial charge < -0.3 is 4.98 Å². The Morgan fingerprint density at radius 3 is 2.50 bits per heavy atom. The van der Waals surface area contributed by atoms with Crippen molar-refractivity contribution in [2.24, 2.45) is 0 Å². The number of nitrogens with zero attached hydrogens (tertiary/aromatic N) is 1. The van der Waals surface area contributed by atoms with Crippen molar-refractivity contribution in [2.45, 2.75) is 6.92 Å². The molecule has 0 aliphatic carbocycles. The summed E-state index contributed by atoms with van der Waals surface area (Å²) in [7, 11) is 0. The lowest BCUT2D eigenvalue weighted by atomic mass is 10.1. The molecule has 22 heavy (non-hydrogen) atoms. The minimum Gasteiger partial charge on any atom is -0.301 e. The molecule has 0 atom stereocenters. The van der Waals surface area contributed by atoms with Crippen molar-refractivity contribution in [3.8, 4) is 0 Å². The van der Waals surface area contributed by atoms with Gasteiger partial charge in [0, 0.05) is 0 Å². The lowest BCUT2D eigenvalue weighted by molar-refractivity contribution is -0.386. The fourth-order valence-corrected chi connectivity index (χ4v) is 1.87. The van der Waals surface area contributed by atoms with Crippen LogP contribution in [0.1, 0.15) is 18.2 Å². The molecular weight excluding hydrogens is 286 g/mol. The second kappa shape index (κ2) is 6.49. The van der Waals surface area contributed by atoms with E-state index >= 15 is 0 Å². The maximum atomic E-state index is 11.5. The number of hydrogen-bond acceptors (Lipinski definition) is 4. The smallest absolute Gasteiger partial charge is 0.301 e. The van der Waals surface area contributed by atoms with Crippen LogP contribution in [0.25, 0.3) is 12.2 Å². The highest BCUT2D eigenvalue weighted by Gasteiger charge is 2.18. The van der Waals surface area contributed by atoms with E-state index in [1.54, 1.807) is 13.0 Å². The number of aromatic amines is 2. The topological polar surface area (TPSA) is 109 Å². The summed E-state index contributed by atoms with van der Waals surface area (Å²) < 4.78 is 0. The quantitative estimate of drug-likeness (QED) is 0.511. The predicted molar refractivity (Wildman–Crippen MR) is 83.5 cm³/mol. The predicted octanol–water partition coefficient (Wildman–Crippen LogP) is 2.09. The van der Waals surface area contributed by atoms with Crippen LogP contribution in [0.5, 0.6) is 0 Å². The standard InChI is InChI=1S/C15H13N3O4/c1-10(9-11-5-3-2-4-6-11)7-8-12-13(18(21)22)14(19)17-15(20)16-12/h2-9H,1H3,(H2,16,17,19,20)/b8-7+,10-9+. The lowest BCUT2D eigenvalue weighted by Crippen LogP contribution is -2.25. The molecule has 1 heterocycles. The van der Waals surface area contributed by atoms with E-state index in [2.05, 4.69) is 4.98 Å². The van der Waals surface area contributed by atoms with Crippen molar-refractivity contribution in [3.05, 3.63) is 84.2 Å². The number of nitrogens with one attached hydrogen (secondary N) is 2. The van der Waals surface area contributed by atoms with Crippen LogP contribution in [0, 0.1) is 10.1 Å². The number of nitro groups is 1. The van der Waals surface area contributed by atoms with Gasteiger partial charge in [-0.3, -0.25) is 19.9 Å². The molecule has 2 rings (SSSR count). The minimum absolute atomic E-state index is 0.139. The Labute approximate surface area is 124 Å². The first kappa shape index (κ1) is 15.2. The third-order valence-corrected chi connectivity index (χ3v) is 2.83. The fourth-order valence-electron chi connectivity index (χ4n) is 1.87. The number of aromatic nitrogens is 2. The number of hydrogen-bond donors (Lipinski definition) is 2. The van der Waals surface area contributed by atoms with Gasteiger partial charge in [0.1, 0.15) is 5.69 Å². The van der Waals surface area contributed by atoms with E-state index in [9.17, 15) is 19.7 Å². The van der Waals surface area contributed by atoms with Crippen LogP contribution in [-0.2, 0) is 0 Å². The first-order chi connectivity index (χ1) is 10.5. The average molecular weight is 299 g/mol. The van der Waals surface area contributed by atoms with Crippen LogP contribution in [0.15, 0.2) is 51.6 Å². The van der Waals surface area contributed by atoms with Crippen LogP contribution in [0.2, 0.25) is 0 Å². The number of rotatable bonds is 4. The molecule has 112 valence electrons. The zero-order chi connectivity index (χ0) is 16.1. The van der Waals surface area contributed by atoms with Gasteiger partial charge in [0.2, 0.25) is 0 Å². The van der Waals surface area contributed by atoms with Crippen LogP contribution >= 0.6 is 0 Å². The Hall–Kier alpha value is -3.22. The van der Waals surface area contributed by atoms with Crippen molar-refractivity contribution in [1.82, 2.24) is 9.97 Å². The molecule has 1 aromatic carbocycles. The summed E-state index contributed by atoms with van der Waals surface area (Å²) in [5.74, 6) is 0. The molecule has 2 aromatic rings. The average Bonchev–Trinajstić information content (AvgIpc) is 2.45. The molecule has 7 heteroatoms. The molecule has 0 radical (unpaired) electrons. The molecule has 0 saturated carbocycles. The van der Waals surface area contributed by atoms with Crippen LogP contribution in [0.3, 0.4) is 0 Å². The Kier molecular flexibility index (Phi) is 4.47. The maximum Gasteiger partial charge on any atom is 0.357 e. The van der Waals surface area contributed by atoms with E-state index in [4.69, 9.17) is 0 Å². The monoisotopic (exact) mass is 299 g/mol. The molecule has 0 unspecified atom stereocenters. The molecule has 0 amide bonds. The Balaban J connectivity index is 2.38. The van der Waals surface area contributed by atoms with Gasteiger partial charge in [-0.05, 0) is 18.6 Å². The number of H-pyrrole nitrogens is 2. The van der Waals surface area contributed by atoms with Gasteiger partial charge in [0.05, 0.1) is 4.92 Å². The molecule has 2 N–H and O–H groups in total. The SMILES string of the molecule is CC(/C=C/c1[nH]c(=O)[nH]c(=O)c1[N+](=O)[O-])=C\c1ccccc1. The van der Waals surface area contributed by atoms with E-state index in [1.165, 1.54) is 6.08 Å². The summed E-state index contributed by atoms with van der Waals surface area (Å²) in [6.07, 6.45) is 4.79. The van der Waals surface area contributed by atoms with E-state index in [1.807, 2.05) is 41.4 Å². The Morgan fingerprint density at radius 1 is 1.18 bits per heavy atom. The lowest BCUT2D eigenvalue weighted by Gasteiger charge is -1.97. The second-order valence-electron chi connectivity index (χ2n) is 4.56. The summed E-state index contributed by atoms with van der Waals surface area (Å²) in [5, 5.41) is 10.9. The molecule has 0 aliphatic heterocycles. The molecular formula is C15H13N3O4. The number of allylic oxidation sites excluding steroid dienone is 2. The Morgan fingerprint density at radius 2 is 1.86 bits per heavy atom. The van der Waals surface area contributed by atoms with E-state index in [0.29, 0.717) is 0 Å². The van der Waals surface area contributed by atoms with Gasteiger partial charge >= 0.3 is 16.9 Å². The molecule has 0 saturated heterocycles. The second-order valence-corrected chi connectivity index (χ2v) is 4.56. The van der Waals surface area contributed by atoms with Crippen LogP contribution in [-0.4, -0.2) is 14.9 Å². The zero-order valence-corrected chi connectivity index (χ0v) is 11.7. The van der Waals surface area contributed by atoms with E-state index in [0.717, 1.165) is 11.1 Å². The van der Waals surface area contributed by atoms with Crippen LogP contribution in [0.4, 0.5) is 5.69 Å². The summed E-state index contributed by atoms with van der Waals surface area (Å²) in [6.45, 7) is 1.81. The maximum absolute atomic E-state index is 11.5. The summed E-state index contributed by atoms with van der Waals surface area (Å²) in [5.41, 5.74) is -0.874. The van der Waals surface area contributed by atoms with Gasteiger partial charge in [0.15, 0.2) is 0 Å². The molecule has 0 aliphatic rings. The van der Waals surface area contributed by atoms with Gasteiger partial charge in [0.25, 0.3) is 0 Å². The van der Waals surface area contributed by atoms with Crippen LogP contribution < -0.4 is 11.2 Å². The van der Waals surface area contributed by atoms with Crippen molar-refractivity contribution in [3.63, 3.8) is 0 Å². The minimum atomic E-state index is -1.03. The van der Waals surface area contributed by atoms with Gasteiger partial charge in [-0.25, -0.2) is 4.79 Å². The molecule has 7 nitrogen and oxygen atoms in total. The van der Waals surface area contributed by atoms with Gasteiger partial charge in [-0.15, -0.1) is 0 Å². The first-order valence-electron chi connectivity index (χ1n) is 6.40. The highest BCUT2D eigenvalue weighted by atomic mass is 16.6. The summed E-state index contributed by atoms with van der Waals surface area (Å²) in [4.78, 5) is 36.9. The highest BCUT2D eigenvalue weighted by molar-refractivity contribution is 5.62. The zero-order valence-electron chi connectivity index (χ0n) is 11.7. The fraction of sp³-hybridized carbons (Fsp3) is 0.0667. The summed E-state index contributed by atoms with van der Waals surface area (Å²) in [6, 6.07) is 9.50. The number of benzene rings is 1.